The summed E-state index contributed by atoms with van der Waals surface area (Å²) in [6.07, 6.45) is 0.913. The Morgan fingerprint density at radius 2 is 2.33 bits per heavy atom. The predicted octanol–water partition coefficient (Wildman–Crippen LogP) is 1.89. The minimum Gasteiger partial charge on any atom is -0.383 e. The fraction of sp³-hybridized carbons (Fsp3) is 0.500. The molecule has 1 heterocycles. The van der Waals surface area contributed by atoms with Crippen LogP contribution < -0.4 is 5.32 Å². The second kappa shape index (κ2) is 6.53. The third-order valence-electron chi connectivity index (χ3n) is 3.59. The van der Waals surface area contributed by atoms with Crippen molar-refractivity contribution in [2.75, 3.05) is 32.1 Å². The number of ether oxygens (including phenoxy) is 1. The highest BCUT2D eigenvalue weighted by Gasteiger charge is 2.25. The SMILES string of the molecule is CCC1CN(C(=O)c2ccc([N+](=O)[O-])c(NC)c2)CCO1. The molecule has 1 fully saturated rings. The molecule has 1 saturated heterocycles. The number of carbonyl (C=O) groups is 1. The van der Waals surface area contributed by atoms with Gasteiger partial charge in [0, 0.05) is 31.8 Å². The summed E-state index contributed by atoms with van der Waals surface area (Å²) >= 11 is 0. The molecule has 1 atom stereocenters. The fourth-order valence-electron chi connectivity index (χ4n) is 2.36. The number of carbonyl (C=O) groups excluding carboxylic acids is 1. The number of benzene rings is 1. The highest BCUT2D eigenvalue weighted by molar-refractivity contribution is 5.96. The summed E-state index contributed by atoms with van der Waals surface area (Å²) in [5.41, 5.74) is 0.746. The largest absolute Gasteiger partial charge is 0.383 e. The number of rotatable bonds is 4. The number of morpholine rings is 1. The van der Waals surface area contributed by atoms with Crippen LogP contribution in [0, 0.1) is 10.1 Å². The second-order valence-corrected chi connectivity index (χ2v) is 4.89. The summed E-state index contributed by atoms with van der Waals surface area (Å²) in [6.45, 7) is 3.64. The summed E-state index contributed by atoms with van der Waals surface area (Å²) < 4.78 is 5.54. The van der Waals surface area contributed by atoms with Crippen molar-refractivity contribution in [3.63, 3.8) is 0 Å². The zero-order valence-electron chi connectivity index (χ0n) is 12.2. The number of nitro groups is 1. The Morgan fingerprint density at radius 3 is 2.95 bits per heavy atom. The molecule has 0 radical (unpaired) electrons. The fourth-order valence-corrected chi connectivity index (χ4v) is 2.36. The smallest absolute Gasteiger partial charge is 0.292 e. The standard InChI is InChI=1S/C14H19N3O4/c1-3-11-9-16(6-7-21-11)14(18)10-4-5-13(17(19)20)12(8-10)15-2/h4-5,8,11,15H,3,6-7,9H2,1-2H3. The van der Waals surface area contributed by atoms with E-state index in [2.05, 4.69) is 5.32 Å². The third-order valence-corrected chi connectivity index (χ3v) is 3.59. The lowest BCUT2D eigenvalue weighted by Crippen LogP contribution is -2.45. The molecule has 1 N–H and O–H groups in total. The highest BCUT2D eigenvalue weighted by atomic mass is 16.6. The Bertz CT molecular complexity index is 547. The van der Waals surface area contributed by atoms with Crippen molar-refractivity contribution in [1.82, 2.24) is 4.90 Å². The van der Waals surface area contributed by atoms with Crippen LogP contribution in [0.5, 0.6) is 0 Å². The van der Waals surface area contributed by atoms with Gasteiger partial charge in [0.1, 0.15) is 5.69 Å². The van der Waals surface area contributed by atoms with Gasteiger partial charge < -0.3 is 15.0 Å². The van der Waals surface area contributed by atoms with E-state index in [1.54, 1.807) is 11.9 Å². The molecule has 1 amide bonds. The van der Waals surface area contributed by atoms with E-state index in [1.165, 1.54) is 18.2 Å². The van der Waals surface area contributed by atoms with Gasteiger partial charge in [-0.3, -0.25) is 14.9 Å². The lowest BCUT2D eigenvalue weighted by atomic mass is 10.1. The molecule has 114 valence electrons. The van der Waals surface area contributed by atoms with Crippen molar-refractivity contribution in [1.29, 1.82) is 0 Å². The first kappa shape index (κ1) is 15.2. The monoisotopic (exact) mass is 293 g/mol. The third kappa shape index (κ3) is 3.30. The quantitative estimate of drug-likeness (QED) is 0.677. The lowest BCUT2D eigenvalue weighted by Gasteiger charge is -2.32. The van der Waals surface area contributed by atoms with Crippen molar-refractivity contribution in [3.05, 3.63) is 33.9 Å². The maximum Gasteiger partial charge on any atom is 0.292 e. The maximum atomic E-state index is 12.5. The van der Waals surface area contributed by atoms with Crippen molar-refractivity contribution in [2.24, 2.45) is 0 Å². The number of anilines is 1. The predicted molar refractivity (Wildman–Crippen MR) is 78.6 cm³/mol. The van der Waals surface area contributed by atoms with Gasteiger partial charge in [-0.1, -0.05) is 6.92 Å². The molecular formula is C14H19N3O4. The molecule has 0 bridgehead atoms. The van der Waals surface area contributed by atoms with Gasteiger partial charge in [0.15, 0.2) is 0 Å². The molecule has 1 unspecified atom stereocenters. The van der Waals surface area contributed by atoms with Crippen molar-refractivity contribution in [3.8, 4) is 0 Å². The van der Waals surface area contributed by atoms with Crippen LogP contribution in [0.2, 0.25) is 0 Å². The van der Waals surface area contributed by atoms with Crippen LogP contribution in [-0.2, 0) is 4.74 Å². The maximum absolute atomic E-state index is 12.5. The topological polar surface area (TPSA) is 84.7 Å². The molecule has 0 saturated carbocycles. The van der Waals surface area contributed by atoms with E-state index in [-0.39, 0.29) is 17.7 Å². The van der Waals surface area contributed by atoms with Crippen LogP contribution in [-0.4, -0.2) is 48.6 Å². The summed E-state index contributed by atoms with van der Waals surface area (Å²) in [7, 11) is 1.60. The van der Waals surface area contributed by atoms with Crippen LogP contribution in [0.3, 0.4) is 0 Å². The number of hydrogen-bond donors (Lipinski definition) is 1. The summed E-state index contributed by atoms with van der Waals surface area (Å²) in [4.78, 5) is 24.6. The summed E-state index contributed by atoms with van der Waals surface area (Å²) in [6, 6.07) is 4.38. The Morgan fingerprint density at radius 1 is 1.57 bits per heavy atom. The number of hydrogen-bond acceptors (Lipinski definition) is 5. The van der Waals surface area contributed by atoms with Crippen LogP contribution in [0.15, 0.2) is 18.2 Å². The first-order valence-corrected chi connectivity index (χ1v) is 6.93. The zero-order chi connectivity index (χ0) is 15.4. The molecule has 1 aromatic rings. The molecule has 0 spiro atoms. The highest BCUT2D eigenvalue weighted by Crippen LogP contribution is 2.26. The van der Waals surface area contributed by atoms with Crippen molar-refractivity contribution < 1.29 is 14.5 Å². The van der Waals surface area contributed by atoms with E-state index < -0.39 is 4.92 Å². The lowest BCUT2D eigenvalue weighted by molar-refractivity contribution is -0.383. The molecular weight excluding hydrogens is 274 g/mol. The number of amides is 1. The van der Waals surface area contributed by atoms with Crippen molar-refractivity contribution >= 4 is 17.3 Å². The average molecular weight is 293 g/mol. The first-order valence-electron chi connectivity index (χ1n) is 6.93. The van der Waals surface area contributed by atoms with Gasteiger partial charge in [0.2, 0.25) is 0 Å². The van der Waals surface area contributed by atoms with Crippen LogP contribution in [0.25, 0.3) is 0 Å². The van der Waals surface area contributed by atoms with Gasteiger partial charge >= 0.3 is 0 Å². The van der Waals surface area contributed by atoms with Gasteiger partial charge in [-0.15, -0.1) is 0 Å². The zero-order valence-corrected chi connectivity index (χ0v) is 12.2. The van der Waals surface area contributed by atoms with Crippen LogP contribution in [0.1, 0.15) is 23.7 Å². The summed E-state index contributed by atoms with van der Waals surface area (Å²) in [5, 5.41) is 13.7. The Labute approximate surface area is 123 Å². The average Bonchev–Trinajstić information content (AvgIpc) is 2.53. The van der Waals surface area contributed by atoms with Gasteiger partial charge in [0.25, 0.3) is 11.6 Å². The van der Waals surface area contributed by atoms with Gasteiger partial charge in [-0.25, -0.2) is 0 Å². The van der Waals surface area contributed by atoms with Gasteiger partial charge in [-0.2, -0.15) is 0 Å². The van der Waals surface area contributed by atoms with Gasteiger partial charge in [0.05, 0.1) is 17.6 Å². The number of nitrogens with zero attached hydrogens (tertiary/aromatic N) is 2. The minimum absolute atomic E-state index is 0.0394. The molecule has 7 heteroatoms. The number of nitro benzene ring substituents is 1. The van der Waals surface area contributed by atoms with Crippen LogP contribution in [0.4, 0.5) is 11.4 Å². The van der Waals surface area contributed by atoms with Crippen LogP contribution >= 0.6 is 0 Å². The molecule has 1 aromatic carbocycles. The molecule has 0 aromatic heterocycles. The van der Waals surface area contributed by atoms with E-state index in [9.17, 15) is 14.9 Å². The van der Waals surface area contributed by atoms with E-state index in [1.807, 2.05) is 6.92 Å². The molecule has 0 aliphatic carbocycles. The minimum atomic E-state index is -0.470. The Balaban J connectivity index is 2.21. The number of nitrogens with one attached hydrogen (secondary N) is 1. The first-order chi connectivity index (χ1) is 10.1. The molecule has 21 heavy (non-hydrogen) atoms. The van der Waals surface area contributed by atoms with Crippen molar-refractivity contribution in [2.45, 2.75) is 19.4 Å². The Kier molecular flexibility index (Phi) is 4.74. The van der Waals surface area contributed by atoms with Gasteiger partial charge in [-0.05, 0) is 18.6 Å². The molecule has 2 rings (SSSR count). The molecule has 1 aliphatic heterocycles. The molecule has 7 nitrogen and oxygen atoms in total. The molecule has 1 aliphatic rings. The van der Waals surface area contributed by atoms with E-state index in [0.717, 1.165) is 6.42 Å². The van der Waals surface area contributed by atoms with E-state index >= 15 is 0 Å². The normalized spacial score (nSPS) is 18.4. The van der Waals surface area contributed by atoms with E-state index in [4.69, 9.17) is 4.74 Å². The second-order valence-electron chi connectivity index (χ2n) is 4.89. The Hall–Kier alpha value is -2.15. The van der Waals surface area contributed by atoms with E-state index in [0.29, 0.717) is 30.9 Å². The summed E-state index contributed by atoms with van der Waals surface area (Å²) in [5.74, 6) is -0.122.